The highest BCUT2D eigenvalue weighted by Gasteiger charge is 2.38. The fourth-order valence-electron chi connectivity index (χ4n) is 3.61. The molecular formula is C15H26N2O3. The van der Waals surface area contributed by atoms with Crippen LogP contribution in [0.4, 0.5) is 0 Å². The van der Waals surface area contributed by atoms with Crippen LogP contribution in [0.25, 0.3) is 0 Å². The Balaban J connectivity index is 1.85. The summed E-state index contributed by atoms with van der Waals surface area (Å²) >= 11 is 0. The molecule has 114 valence electrons. The van der Waals surface area contributed by atoms with E-state index in [-0.39, 0.29) is 24.4 Å². The minimum atomic E-state index is -0.850. The van der Waals surface area contributed by atoms with Crippen LogP contribution in [0.2, 0.25) is 0 Å². The van der Waals surface area contributed by atoms with Crippen LogP contribution in [0.5, 0.6) is 0 Å². The number of carboxylic acids is 1. The fourth-order valence-corrected chi connectivity index (χ4v) is 3.61. The fraction of sp³-hybridized carbons (Fsp3) is 0.867. The smallest absolute Gasteiger partial charge is 0.305 e. The van der Waals surface area contributed by atoms with Gasteiger partial charge in [-0.05, 0) is 31.6 Å². The monoisotopic (exact) mass is 282 g/mol. The van der Waals surface area contributed by atoms with Gasteiger partial charge in [-0.15, -0.1) is 0 Å². The summed E-state index contributed by atoms with van der Waals surface area (Å²) in [5.74, 6) is -0.237. The zero-order valence-corrected chi connectivity index (χ0v) is 12.2. The normalized spacial score (nSPS) is 30.6. The lowest BCUT2D eigenvalue weighted by Gasteiger charge is -2.24. The average Bonchev–Trinajstić information content (AvgIpc) is 2.82. The Morgan fingerprint density at radius 3 is 2.75 bits per heavy atom. The molecule has 4 unspecified atom stereocenters. The maximum atomic E-state index is 12.3. The van der Waals surface area contributed by atoms with E-state index in [4.69, 9.17) is 5.11 Å². The van der Waals surface area contributed by atoms with Gasteiger partial charge in [0.05, 0.1) is 12.5 Å². The second-order valence-electron chi connectivity index (χ2n) is 6.20. The second-order valence-corrected chi connectivity index (χ2v) is 6.20. The summed E-state index contributed by atoms with van der Waals surface area (Å²) < 4.78 is 0. The van der Waals surface area contributed by atoms with Crippen molar-refractivity contribution in [2.75, 3.05) is 0 Å². The molecule has 0 radical (unpaired) electrons. The van der Waals surface area contributed by atoms with Crippen molar-refractivity contribution in [3.8, 4) is 0 Å². The first-order chi connectivity index (χ1) is 9.60. The molecule has 0 bridgehead atoms. The SMILES string of the molecule is CCCC(CC(=O)O)NC(=O)C1CC2CCCCC2N1. The summed E-state index contributed by atoms with van der Waals surface area (Å²) in [5, 5.41) is 15.2. The maximum absolute atomic E-state index is 12.3. The van der Waals surface area contributed by atoms with E-state index in [1.807, 2.05) is 6.92 Å². The lowest BCUT2D eigenvalue weighted by atomic mass is 9.85. The number of carbonyl (C=O) groups is 2. The Morgan fingerprint density at radius 2 is 2.10 bits per heavy atom. The third-order valence-corrected chi connectivity index (χ3v) is 4.58. The number of fused-ring (bicyclic) bond motifs is 1. The number of carboxylic acid groups (broad SMARTS) is 1. The highest BCUT2D eigenvalue weighted by Crippen LogP contribution is 2.33. The second kappa shape index (κ2) is 7.07. The van der Waals surface area contributed by atoms with Crippen LogP contribution >= 0.6 is 0 Å². The van der Waals surface area contributed by atoms with E-state index in [9.17, 15) is 9.59 Å². The quantitative estimate of drug-likeness (QED) is 0.692. The van der Waals surface area contributed by atoms with Crippen molar-refractivity contribution in [1.82, 2.24) is 10.6 Å². The molecule has 0 aromatic heterocycles. The highest BCUT2D eigenvalue weighted by molar-refractivity contribution is 5.83. The van der Waals surface area contributed by atoms with E-state index in [0.717, 1.165) is 19.3 Å². The topological polar surface area (TPSA) is 78.4 Å². The van der Waals surface area contributed by atoms with Crippen molar-refractivity contribution in [3.63, 3.8) is 0 Å². The third-order valence-electron chi connectivity index (χ3n) is 4.58. The Morgan fingerprint density at radius 1 is 1.35 bits per heavy atom. The van der Waals surface area contributed by atoms with Gasteiger partial charge in [0.15, 0.2) is 0 Å². The number of hydrogen-bond acceptors (Lipinski definition) is 3. The van der Waals surface area contributed by atoms with Gasteiger partial charge >= 0.3 is 5.97 Å². The van der Waals surface area contributed by atoms with E-state index < -0.39 is 5.97 Å². The van der Waals surface area contributed by atoms with Gasteiger partial charge in [-0.25, -0.2) is 0 Å². The van der Waals surface area contributed by atoms with Crippen molar-refractivity contribution in [2.24, 2.45) is 5.92 Å². The summed E-state index contributed by atoms with van der Waals surface area (Å²) in [5.41, 5.74) is 0. The van der Waals surface area contributed by atoms with E-state index >= 15 is 0 Å². The van der Waals surface area contributed by atoms with E-state index in [2.05, 4.69) is 10.6 Å². The summed E-state index contributed by atoms with van der Waals surface area (Å²) in [6.07, 6.45) is 7.42. The molecule has 0 aromatic carbocycles. The molecule has 20 heavy (non-hydrogen) atoms. The summed E-state index contributed by atoms with van der Waals surface area (Å²) in [6, 6.07) is 0.120. The standard InChI is InChI=1S/C15H26N2O3/c1-2-5-11(9-14(18)19)16-15(20)13-8-10-6-3-4-7-12(10)17-13/h10-13,17H,2-9H2,1H3,(H,16,20)(H,18,19). The van der Waals surface area contributed by atoms with Crippen molar-refractivity contribution in [3.05, 3.63) is 0 Å². The van der Waals surface area contributed by atoms with Gasteiger partial charge in [0, 0.05) is 12.1 Å². The molecule has 1 amide bonds. The highest BCUT2D eigenvalue weighted by atomic mass is 16.4. The number of amides is 1. The largest absolute Gasteiger partial charge is 0.481 e. The molecule has 5 nitrogen and oxygen atoms in total. The van der Waals surface area contributed by atoms with Crippen molar-refractivity contribution in [1.29, 1.82) is 0 Å². The minimum Gasteiger partial charge on any atom is -0.481 e. The van der Waals surface area contributed by atoms with Gasteiger partial charge in [0.25, 0.3) is 0 Å². The number of nitrogens with one attached hydrogen (secondary N) is 2. The molecule has 1 heterocycles. The molecule has 3 N–H and O–H groups in total. The van der Waals surface area contributed by atoms with E-state index in [0.29, 0.717) is 12.0 Å². The Hall–Kier alpha value is -1.10. The minimum absolute atomic E-state index is 0.0131. The van der Waals surface area contributed by atoms with Crippen LogP contribution in [-0.2, 0) is 9.59 Å². The zero-order valence-electron chi connectivity index (χ0n) is 12.2. The first-order valence-electron chi connectivity index (χ1n) is 7.88. The number of carbonyl (C=O) groups excluding carboxylic acids is 1. The molecule has 2 aliphatic rings. The van der Waals surface area contributed by atoms with Crippen molar-refractivity contribution >= 4 is 11.9 Å². The summed E-state index contributed by atoms with van der Waals surface area (Å²) in [4.78, 5) is 23.1. The van der Waals surface area contributed by atoms with Crippen LogP contribution < -0.4 is 10.6 Å². The van der Waals surface area contributed by atoms with Crippen LogP contribution in [-0.4, -0.2) is 35.1 Å². The van der Waals surface area contributed by atoms with Crippen LogP contribution in [0, 0.1) is 5.92 Å². The average molecular weight is 282 g/mol. The number of hydrogen-bond donors (Lipinski definition) is 3. The summed E-state index contributed by atoms with van der Waals surface area (Å²) in [7, 11) is 0. The summed E-state index contributed by atoms with van der Waals surface area (Å²) in [6.45, 7) is 2.00. The number of aliphatic carboxylic acids is 1. The first-order valence-corrected chi connectivity index (χ1v) is 7.88. The van der Waals surface area contributed by atoms with E-state index in [1.54, 1.807) is 0 Å². The molecule has 5 heteroatoms. The lowest BCUT2D eigenvalue weighted by molar-refractivity contribution is -0.137. The van der Waals surface area contributed by atoms with Crippen LogP contribution in [0.15, 0.2) is 0 Å². The van der Waals surface area contributed by atoms with Crippen LogP contribution in [0.1, 0.15) is 58.3 Å². The molecule has 1 saturated carbocycles. The molecule has 0 aromatic rings. The van der Waals surface area contributed by atoms with Gasteiger partial charge in [-0.2, -0.15) is 0 Å². The molecule has 2 fully saturated rings. The first kappa shape index (κ1) is 15.3. The molecule has 0 spiro atoms. The Bertz CT molecular complexity index is 345. The zero-order chi connectivity index (χ0) is 14.5. The Labute approximate surface area is 120 Å². The molecule has 2 rings (SSSR count). The molecule has 4 atom stereocenters. The maximum Gasteiger partial charge on any atom is 0.305 e. The van der Waals surface area contributed by atoms with Crippen molar-refractivity contribution in [2.45, 2.75) is 76.4 Å². The van der Waals surface area contributed by atoms with Gasteiger partial charge in [-0.1, -0.05) is 26.2 Å². The third kappa shape index (κ3) is 3.95. The molecule has 1 aliphatic carbocycles. The lowest BCUT2D eigenvalue weighted by Crippen LogP contribution is -2.47. The predicted octanol–water partition coefficient (Wildman–Crippen LogP) is 1.67. The van der Waals surface area contributed by atoms with Gasteiger partial charge in [0.2, 0.25) is 5.91 Å². The van der Waals surface area contributed by atoms with Gasteiger partial charge in [0.1, 0.15) is 0 Å². The number of rotatable bonds is 6. The Kier molecular flexibility index (Phi) is 5.40. The predicted molar refractivity (Wildman–Crippen MR) is 76.4 cm³/mol. The van der Waals surface area contributed by atoms with Crippen LogP contribution in [0.3, 0.4) is 0 Å². The van der Waals surface area contributed by atoms with Gasteiger partial charge < -0.3 is 15.7 Å². The van der Waals surface area contributed by atoms with Crippen molar-refractivity contribution < 1.29 is 14.7 Å². The molecular weight excluding hydrogens is 256 g/mol. The van der Waals surface area contributed by atoms with E-state index in [1.165, 1.54) is 25.7 Å². The molecule has 1 saturated heterocycles. The van der Waals surface area contributed by atoms with Gasteiger partial charge in [-0.3, -0.25) is 9.59 Å². The molecule has 1 aliphatic heterocycles.